The Morgan fingerprint density at radius 1 is 1.30 bits per heavy atom. The molecular weight excluding hydrogens is 368 g/mol. The number of nitrogens with zero attached hydrogens (tertiary/aromatic N) is 2. The molecule has 0 atom stereocenters. The van der Waals surface area contributed by atoms with Gasteiger partial charge in [-0.3, -0.25) is 9.89 Å². The van der Waals surface area contributed by atoms with Gasteiger partial charge in [0.15, 0.2) is 0 Å². The molecule has 0 bridgehead atoms. The zero-order chi connectivity index (χ0) is 19.1. The smallest absolute Gasteiger partial charge is 0.234 e. The minimum absolute atomic E-state index is 0.152. The van der Waals surface area contributed by atoms with Crippen LogP contribution in [-0.2, 0) is 4.79 Å². The van der Waals surface area contributed by atoms with Gasteiger partial charge in [0.1, 0.15) is 23.1 Å². The molecular formula is C18H18N4O4S. The molecule has 1 amide bonds. The average Bonchev–Trinajstić information content (AvgIpc) is 3.36. The second kappa shape index (κ2) is 8.95. The van der Waals surface area contributed by atoms with Crippen molar-refractivity contribution in [1.29, 1.82) is 0 Å². The Kier molecular flexibility index (Phi) is 6.16. The molecule has 140 valence electrons. The predicted octanol–water partition coefficient (Wildman–Crippen LogP) is 3.32. The van der Waals surface area contributed by atoms with Gasteiger partial charge >= 0.3 is 0 Å². The summed E-state index contributed by atoms with van der Waals surface area (Å²) in [7, 11) is 3.10. The van der Waals surface area contributed by atoms with Crippen molar-refractivity contribution in [2.24, 2.45) is 0 Å². The van der Waals surface area contributed by atoms with Gasteiger partial charge < -0.3 is 19.2 Å². The van der Waals surface area contributed by atoms with E-state index in [0.717, 1.165) is 0 Å². The Balaban J connectivity index is 1.55. The summed E-state index contributed by atoms with van der Waals surface area (Å²) in [6.45, 7) is 0. The van der Waals surface area contributed by atoms with Crippen LogP contribution in [0, 0.1) is 0 Å². The number of carbonyl (C=O) groups is 1. The van der Waals surface area contributed by atoms with Crippen molar-refractivity contribution in [2.45, 2.75) is 5.16 Å². The molecule has 1 aromatic carbocycles. The number of thioether (sulfide) groups is 1. The molecule has 0 saturated carbocycles. The molecule has 0 spiro atoms. The molecule has 0 radical (unpaired) electrons. The Morgan fingerprint density at radius 3 is 2.93 bits per heavy atom. The number of nitrogens with one attached hydrogen (secondary N) is 2. The van der Waals surface area contributed by atoms with Crippen molar-refractivity contribution in [2.75, 3.05) is 25.3 Å². The third-order valence-electron chi connectivity index (χ3n) is 3.44. The molecule has 0 aliphatic heterocycles. The summed E-state index contributed by atoms with van der Waals surface area (Å²) in [4.78, 5) is 16.5. The Morgan fingerprint density at radius 2 is 2.19 bits per heavy atom. The summed E-state index contributed by atoms with van der Waals surface area (Å²) in [6, 6.07) is 8.83. The molecule has 3 rings (SSSR count). The number of aromatic amines is 1. The number of amides is 1. The summed E-state index contributed by atoms with van der Waals surface area (Å²) in [5, 5.41) is 10.1. The number of carbonyl (C=O) groups excluding carboxylic acids is 1. The highest BCUT2D eigenvalue weighted by Crippen LogP contribution is 2.29. The number of aromatic nitrogens is 3. The second-order valence-electron chi connectivity index (χ2n) is 5.26. The lowest BCUT2D eigenvalue weighted by atomic mass is 10.2. The highest BCUT2D eigenvalue weighted by atomic mass is 32.2. The lowest BCUT2D eigenvalue weighted by molar-refractivity contribution is -0.113. The Hall–Kier alpha value is -3.20. The second-order valence-corrected chi connectivity index (χ2v) is 6.20. The number of anilines is 1. The van der Waals surface area contributed by atoms with E-state index < -0.39 is 0 Å². The van der Waals surface area contributed by atoms with Crippen molar-refractivity contribution < 1.29 is 18.7 Å². The molecule has 0 saturated heterocycles. The van der Waals surface area contributed by atoms with Crippen LogP contribution in [0.25, 0.3) is 12.2 Å². The summed E-state index contributed by atoms with van der Waals surface area (Å²) < 4.78 is 15.6. The molecule has 0 aliphatic carbocycles. The van der Waals surface area contributed by atoms with Gasteiger partial charge in [0.05, 0.1) is 31.9 Å². The Labute approximate surface area is 160 Å². The lowest BCUT2D eigenvalue weighted by Gasteiger charge is -2.11. The first kappa shape index (κ1) is 18.6. The van der Waals surface area contributed by atoms with Crippen molar-refractivity contribution in [3.63, 3.8) is 0 Å². The normalized spacial score (nSPS) is 10.9. The number of furan rings is 1. The van der Waals surface area contributed by atoms with Crippen LogP contribution in [0.15, 0.2) is 46.2 Å². The van der Waals surface area contributed by atoms with Gasteiger partial charge in [-0.1, -0.05) is 11.8 Å². The number of hydrogen-bond acceptors (Lipinski definition) is 7. The zero-order valence-electron chi connectivity index (χ0n) is 14.8. The molecule has 0 fully saturated rings. The molecule has 9 heteroatoms. The summed E-state index contributed by atoms with van der Waals surface area (Å²) in [5.41, 5.74) is 0.541. The summed E-state index contributed by atoms with van der Waals surface area (Å²) >= 11 is 1.22. The van der Waals surface area contributed by atoms with Gasteiger partial charge in [0.2, 0.25) is 11.1 Å². The van der Waals surface area contributed by atoms with Crippen LogP contribution < -0.4 is 14.8 Å². The molecule has 2 N–H and O–H groups in total. The molecule has 2 aromatic heterocycles. The maximum atomic E-state index is 12.2. The largest absolute Gasteiger partial charge is 0.497 e. The van der Waals surface area contributed by atoms with Crippen molar-refractivity contribution in [1.82, 2.24) is 15.2 Å². The van der Waals surface area contributed by atoms with Gasteiger partial charge in [0, 0.05) is 6.07 Å². The van der Waals surface area contributed by atoms with Crippen LogP contribution in [0.1, 0.15) is 11.6 Å². The van der Waals surface area contributed by atoms with Gasteiger partial charge in [-0.05, 0) is 36.4 Å². The van der Waals surface area contributed by atoms with Crippen molar-refractivity contribution >= 4 is 35.5 Å². The fourth-order valence-electron chi connectivity index (χ4n) is 2.17. The summed E-state index contributed by atoms with van der Waals surface area (Å²) in [6.07, 6.45) is 5.12. The number of benzene rings is 1. The van der Waals surface area contributed by atoms with Crippen LogP contribution in [0.4, 0.5) is 5.69 Å². The van der Waals surface area contributed by atoms with E-state index in [-0.39, 0.29) is 11.7 Å². The van der Waals surface area contributed by atoms with E-state index >= 15 is 0 Å². The van der Waals surface area contributed by atoms with E-state index in [4.69, 9.17) is 13.9 Å². The van der Waals surface area contributed by atoms with Gasteiger partial charge in [0.25, 0.3) is 0 Å². The standard InChI is InChI=1S/C18H18N4O4S/c1-24-13-5-7-15(25-2)14(10-13)19-17(23)11-27-18-20-16(21-22-18)8-6-12-4-3-9-26-12/h3-10H,11H2,1-2H3,(H,19,23)(H,20,21,22). The lowest BCUT2D eigenvalue weighted by Crippen LogP contribution is -2.15. The molecule has 3 aromatic rings. The van der Waals surface area contributed by atoms with E-state index in [1.165, 1.54) is 18.9 Å². The number of H-pyrrole nitrogens is 1. The first-order valence-electron chi connectivity index (χ1n) is 7.96. The summed E-state index contributed by atoms with van der Waals surface area (Å²) in [5.74, 6) is 2.41. The van der Waals surface area contributed by atoms with Gasteiger partial charge in [-0.15, -0.1) is 5.10 Å². The fraction of sp³-hybridized carbons (Fsp3) is 0.167. The zero-order valence-corrected chi connectivity index (χ0v) is 15.6. The van der Waals surface area contributed by atoms with E-state index in [9.17, 15) is 4.79 Å². The van der Waals surface area contributed by atoms with Crippen molar-refractivity contribution in [3.05, 3.63) is 48.2 Å². The molecule has 8 nitrogen and oxygen atoms in total. The Bertz CT molecular complexity index is 921. The van der Waals surface area contributed by atoms with Crippen molar-refractivity contribution in [3.8, 4) is 11.5 Å². The topological polar surface area (TPSA) is 102 Å². The number of hydrogen-bond donors (Lipinski definition) is 2. The monoisotopic (exact) mass is 386 g/mol. The van der Waals surface area contributed by atoms with E-state index in [2.05, 4.69) is 20.5 Å². The fourth-order valence-corrected chi connectivity index (χ4v) is 2.78. The molecule has 2 heterocycles. The molecule has 0 unspecified atom stereocenters. The quantitative estimate of drug-likeness (QED) is 0.573. The number of ether oxygens (including phenoxy) is 2. The van der Waals surface area contributed by atoms with Crippen LogP contribution in [0.2, 0.25) is 0 Å². The molecule has 27 heavy (non-hydrogen) atoms. The highest BCUT2D eigenvalue weighted by Gasteiger charge is 2.11. The SMILES string of the molecule is COc1ccc(OC)c(NC(=O)CSc2n[nH]c(C=Cc3ccco3)n2)c1. The highest BCUT2D eigenvalue weighted by molar-refractivity contribution is 7.99. The van der Waals surface area contributed by atoms with E-state index in [1.54, 1.807) is 49.8 Å². The third-order valence-corrected chi connectivity index (χ3v) is 4.29. The van der Waals surface area contributed by atoms with Gasteiger partial charge in [-0.2, -0.15) is 0 Å². The number of rotatable bonds is 8. The maximum Gasteiger partial charge on any atom is 0.234 e. The van der Waals surface area contributed by atoms with Gasteiger partial charge in [-0.25, -0.2) is 4.98 Å². The van der Waals surface area contributed by atoms with Crippen LogP contribution in [-0.4, -0.2) is 41.1 Å². The minimum Gasteiger partial charge on any atom is -0.497 e. The van der Waals surface area contributed by atoms with Crippen LogP contribution >= 0.6 is 11.8 Å². The average molecular weight is 386 g/mol. The predicted molar refractivity (Wildman–Crippen MR) is 103 cm³/mol. The maximum absolute atomic E-state index is 12.2. The first-order valence-corrected chi connectivity index (χ1v) is 8.95. The first-order chi connectivity index (χ1) is 13.2. The number of methoxy groups -OCH3 is 2. The van der Waals surface area contributed by atoms with E-state index in [0.29, 0.717) is 33.9 Å². The molecule has 0 aliphatic rings. The minimum atomic E-state index is -0.205. The van der Waals surface area contributed by atoms with E-state index in [1.807, 2.05) is 6.07 Å². The van der Waals surface area contributed by atoms with Crippen LogP contribution in [0.5, 0.6) is 11.5 Å². The third kappa shape index (κ3) is 5.14. The van der Waals surface area contributed by atoms with Crippen LogP contribution in [0.3, 0.4) is 0 Å².